The average molecular weight is 313 g/mol. The third-order valence-corrected chi connectivity index (χ3v) is 4.56. The van der Waals surface area contributed by atoms with E-state index in [1.807, 2.05) is 42.5 Å². The second-order valence-corrected chi connectivity index (χ2v) is 6.22. The van der Waals surface area contributed by atoms with Gasteiger partial charge in [0.1, 0.15) is 0 Å². The highest BCUT2D eigenvalue weighted by atomic mass is 16.5. The Morgan fingerprint density at radius 2 is 1.57 bits per heavy atom. The summed E-state index contributed by atoms with van der Waals surface area (Å²) >= 11 is 0. The Morgan fingerprint density at radius 1 is 0.870 bits per heavy atom. The summed E-state index contributed by atoms with van der Waals surface area (Å²) in [4.78, 5) is 0. The van der Waals surface area contributed by atoms with Gasteiger partial charge < -0.3 is 20.6 Å². The molecule has 0 amide bonds. The molecule has 1 aliphatic heterocycles. The van der Waals surface area contributed by atoms with Crippen molar-refractivity contribution in [3.05, 3.63) is 71.3 Å². The SMILES string of the molecule is OC(O)c1ccc(C[C@@H]2CC[C@H]([C@H](O)c3ccccc3)N2)cc1. The third kappa shape index (κ3) is 3.98. The standard InChI is InChI=1S/C19H23NO3/c21-18(14-4-2-1-3-5-14)17-11-10-16(20-17)12-13-6-8-15(9-7-13)19(22)23/h1-9,16-23H,10-12H2/t16-,17+,18+/m0/s1. The van der Waals surface area contributed by atoms with Crippen LogP contribution >= 0.6 is 0 Å². The normalized spacial score (nSPS) is 22.4. The molecule has 0 radical (unpaired) electrons. The van der Waals surface area contributed by atoms with Gasteiger partial charge in [0.15, 0.2) is 6.29 Å². The van der Waals surface area contributed by atoms with Crippen molar-refractivity contribution in [2.24, 2.45) is 0 Å². The summed E-state index contributed by atoms with van der Waals surface area (Å²) in [5.41, 5.74) is 2.61. The zero-order chi connectivity index (χ0) is 16.2. The van der Waals surface area contributed by atoms with E-state index in [-0.39, 0.29) is 6.04 Å². The van der Waals surface area contributed by atoms with Crippen molar-refractivity contribution in [2.45, 2.75) is 43.7 Å². The largest absolute Gasteiger partial charge is 0.387 e. The molecule has 2 aromatic carbocycles. The average Bonchev–Trinajstić information content (AvgIpc) is 3.04. The lowest BCUT2D eigenvalue weighted by atomic mass is 10.0. The summed E-state index contributed by atoms with van der Waals surface area (Å²) in [5, 5.41) is 32.2. The van der Waals surface area contributed by atoms with Crippen LogP contribution in [0.5, 0.6) is 0 Å². The van der Waals surface area contributed by atoms with Crippen LogP contribution in [0.4, 0.5) is 0 Å². The molecule has 4 nitrogen and oxygen atoms in total. The molecule has 0 aliphatic carbocycles. The van der Waals surface area contributed by atoms with Gasteiger partial charge in [0.25, 0.3) is 0 Å². The number of aliphatic hydroxyl groups excluding tert-OH is 2. The number of rotatable bonds is 5. The Bertz CT molecular complexity index is 612. The van der Waals surface area contributed by atoms with E-state index >= 15 is 0 Å². The summed E-state index contributed by atoms with van der Waals surface area (Å²) in [6, 6.07) is 17.5. The maximum atomic E-state index is 10.5. The lowest BCUT2D eigenvalue weighted by Crippen LogP contribution is -2.35. The van der Waals surface area contributed by atoms with Crippen LogP contribution in [0.1, 0.15) is 41.9 Å². The first kappa shape index (κ1) is 16.1. The van der Waals surface area contributed by atoms with Crippen LogP contribution < -0.4 is 5.32 Å². The topological polar surface area (TPSA) is 72.7 Å². The quantitative estimate of drug-likeness (QED) is 0.638. The van der Waals surface area contributed by atoms with Gasteiger partial charge >= 0.3 is 0 Å². The lowest BCUT2D eigenvalue weighted by Gasteiger charge is -2.20. The molecule has 1 saturated heterocycles. The molecule has 3 rings (SSSR count). The van der Waals surface area contributed by atoms with E-state index in [0.717, 1.165) is 30.4 Å². The predicted octanol–water partition coefficient (Wildman–Crippen LogP) is 2.07. The highest BCUT2D eigenvalue weighted by Gasteiger charge is 2.29. The van der Waals surface area contributed by atoms with Crippen LogP contribution in [-0.4, -0.2) is 27.4 Å². The molecule has 0 aromatic heterocycles. The van der Waals surface area contributed by atoms with Crippen molar-refractivity contribution in [3.63, 3.8) is 0 Å². The molecule has 1 aliphatic rings. The molecule has 4 heteroatoms. The lowest BCUT2D eigenvalue weighted by molar-refractivity contribution is -0.0424. The first-order valence-electron chi connectivity index (χ1n) is 8.07. The monoisotopic (exact) mass is 313 g/mol. The van der Waals surface area contributed by atoms with Gasteiger partial charge in [0.05, 0.1) is 6.10 Å². The molecule has 3 atom stereocenters. The van der Waals surface area contributed by atoms with E-state index in [9.17, 15) is 5.11 Å². The fourth-order valence-corrected chi connectivity index (χ4v) is 3.25. The first-order valence-corrected chi connectivity index (χ1v) is 8.07. The second-order valence-electron chi connectivity index (χ2n) is 6.22. The smallest absolute Gasteiger partial charge is 0.178 e. The molecule has 0 unspecified atom stereocenters. The van der Waals surface area contributed by atoms with Gasteiger partial charge in [-0.1, -0.05) is 54.6 Å². The van der Waals surface area contributed by atoms with Crippen molar-refractivity contribution in [2.75, 3.05) is 0 Å². The minimum absolute atomic E-state index is 0.0842. The fourth-order valence-electron chi connectivity index (χ4n) is 3.25. The van der Waals surface area contributed by atoms with E-state index in [1.54, 1.807) is 12.1 Å². The zero-order valence-corrected chi connectivity index (χ0v) is 13.0. The maximum absolute atomic E-state index is 10.5. The zero-order valence-electron chi connectivity index (χ0n) is 13.0. The van der Waals surface area contributed by atoms with Gasteiger partial charge in [-0.15, -0.1) is 0 Å². The summed E-state index contributed by atoms with van der Waals surface area (Å²) in [6.07, 6.45) is 0.958. The summed E-state index contributed by atoms with van der Waals surface area (Å²) in [7, 11) is 0. The van der Waals surface area contributed by atoms with Crippen molar-refractivity contribution in [1.82, 2.24) is 5.32 Å². The van der Waals surface area contributed by atoms with E-state index in [2.05, 4.69) is 5.32 Å². The van der Waals surface area contributed by atoms with E-state index in [0.29, 0.717) is 11.6 Å². The Kier molecular flexibility index (Phi) is 5.08. The summed E-state index contributed by atoms with van der Waals surface area (Å²) in [5.74, 6) is 0. The molecule has 122 valence electrons. The van der Waals surface area contributed by atoms with Crippen LogP contribution in [0, 0.1) is 0 Å². The Labute approximate surface area is 136 Å². The number of hydrogen-bond donors (Lipinski definition) is 4. The number of aliphatic hydroxyl groups is 3. The molecule has 23 heavy (non-hydrogen) atoms. The minimum atomic E-state index is -1.42. The summed E-state index contributed by atoms with van der Waals surface area (Å²) < 4.78 is 0. The Morgan fingerprint density at radius 3 is 2.22 bits per heavy atom. The fraction of sp³-hybridized carbons (Fsp3) is 0.368. The van der Waals surface area contributed by atoms with Gasteiger partial charge in [-0.05, 0) is 30.4 Å². The van der Waals surface area contributed by atoms with Crippen LogP contribution in [0.15, 0.2) is 54.6 Å². The molecular weight excluding hydrogens is 290 g/mol. The summed E-state index contributed by atoms with van der Waals surface area (Å²) in [6.45, 7) is 0. The third-order valence-electron chi connectivity index (χ3n) is 4.56. The van der Waals surface area contributed by atoms with Gasteiger partial charge in [-0.3, -0.25) is 0 Å². The molecule has 4 N–H and O–H groups in total. The van der Waals surface area contributed by atoms with Crippen molar-refractivity contribution < 1.29 is 15.3 Å². The maximum Gasteiger partial charge on any atom is 0.178 e. The number of benzene rings is 2. The predicted molar refractivity (Wildman–Crippen MR) is 88.7 cm³/mol. The second kappa shape index (κ2) is 7.23. The van der Waals surface area contributed by atoms with E-state index in [1.165, 1.54) is 0 Å². The van der Waals surface area contributed by atoms with Crippen molar-refractivity contribution in [3.8, 4) is 0 Å². The molecule has 1 heterocycles. The Balaban J connectivity index is 1.57. The molecular formula is C19H23NO3. The number of hydrogen-bond acceptors (Lipinski definition) is 4. The molecule has 0 bridgehead atoms. The van der Waals surface area contributed by atoms with E-state index < -0.39 is 12.4 Å². The van der Waals surface area contributed by atoms with Crippen LogP contribution in [0.2, 0.25) is 0 Å². The highest BCUT2D eigenvalue weighted by Crippen LogP contribution is 2.26. The number of nitrogens with one attached hydrogen (secondary N) is 1. The first-order chi connectivity index (χ1) is 11.1. The van der Waals surface area contributed by atoms with E-state index in [4.69, 9.17) is 10.2 Å². The Hall–Kier alpha value is -1.72. The van der Waals surface area contributed by atoms with Crippen LogP contribution in [-0.2, 0) is 6.42 Å². The van der Waals surface area contributed by atoms with Gasteiger partial charge in [-0.25, -0.2) is 0 Å². The van der Waals surface area contributed by atoms with Crippen LogP contribution in [0.3, 0.4) is 0 Å². The van der Waals surface area contributed by atoms with Crippen LogP contribution in [0.25, 0.3) is 0 Å². The molecule has 1 fully saturated rings. The van der Waals surface area contributed by atoms with Crippen molar-refractivity contribution >= 4 is 0 Å². The van der Waals surface area contributed by atoms with Crippen molar-refractivity contribution in [1.29, 1.82) is 0 Å². The molecule has 0 spiro atoms. The van der Waals surface area contributed by atoms with Gasteiger partial charge in [0.2, 0.25) is 0 Å². The van der Waals surface area contributed by atoms with Gasteiger partial charge in [-0.2, -0.15) is 0 Å². The molecule has 2 aromatic rings. The molecule has 0 saturated carbocycles. The minimum Gasteiger partial charge on any atom is -0.387 e. The van der Waals surface area contributed by atoms with Gasteiger partial charge in [0, 0.05) is 17.6 Å². The highest BCUT2D eigenvalue weighted by molar-refractivity contribution is 5.24.